The van der Waals surface area contributed by atoms with E-state index in [4.69, 9.17) is 28.1 Å². The predicted molar refractivity (Wildman–Crippen MR) is 132 cm³/mol. The van der Waals surface area contributed by atoms with Crippen LogP contribution in [0.5, 0.6) is 11.5 Å². The van der Waals surface area contributed by atoms with Crippen molar-refractivity contribution >= 4 is 39.2 Å². The number of benzene rings is 2. The maximum atomic E-state index is 13.2. The maximum absolute atomic E-state index is 13.2. The zero-order chi connectivity index (χ0) is 23.1. The van der Waals surface area contributed by atoms with Gasteiger partial charge in [-0.1, -0.05) is 58.8 Å². The Balaban J connectivity index is 1.92. The highest BCUT2D eigenvalue weighted by atomic mass is 79.9. The van der Waals surface area contributed by atoms with Crippen molar-refractivity contribution in [2.45, 2.75) is 19.5 Å². The fourth-order valence-electron chi connectivity index (χ4n) is 3.44. The number of amides is 1. The van der Waals surface area contributed by atoms with Crippen LogP contribution in [0.2, 0.25) is 0 Å². The van der Waals surface area contributed by atoms with Crippen LogP contribution in [-0.2, 0) is 11.3 Å². The van der Waals surface area contributed by atoms with E-state index in [1.807, 2.05) is 43.3 Å². The zero-order valence-corrected chi connectivity index (χ0v) is 20.0. The monoisotopic (exact) mass is 513 g/mol. The van der Waals surface area contributed by atoms with Crippen molar-refractivity contribution < 1.29 is 14.3 Å². The van der Waals surface area contributed by atoms with E-state index < -0.39 is 12.0 Å². The minimum atomic E-state index is -0.617. The van der Waals surface area contributed by atoms with Crippen LogP contribution in [0.15, 0.2) is 59.2 Å². The van der Waals surface area contributed by atoms with Crippen molar-refractivity contribution in [1.82, 2.24) is 16.0 Å². The number of thiocarbonyl (C=S) groups is 1. The second-order valence-corrected chi connectivity index (χ2v) is 8.29. The Bertz CT molecular complexity index is 1050. The number of terminal acetylenes is 1. The van der Waals surface area contributed by atoms with E-state index in [1.165, 1.54) is 0 Å². The van der Waals surface area contributed by atoms with Crippen molar-refractivity contribution in [3.63, 3.8) is 0 Å². The van der Waals surface area contributed by atoms with Crippen molar-refractivity contribution in [1.29, 1.82) is 0 Å². The number of hydrogen-bond acceptors (Lipinski definition) is 4. The molecule has 1 heterocycles. The van der Waals surface area contributed by atoms with E-state index >= 15 is 0 Å². The van der Waals surface area contributed by atoms with Crippen LogP contribution in [0.3, 0.4) is 0 Å². The van der Waals surface area contributed by atoms with E-state index in [2.05, 4.69) is 44.4 Å². The van der Waals surface area contributed by atoms with Crippen LogP contribution in [0.25, 0.3) is 0 Å². The molecule has 8 heteroatoms. The average molecular weight is 514 g/mol. The Morgan fingerprint density at radius 3 is 2.69 bits per heavy atom. The van der Waals surface area contributed by atoms with E-state index in [-0.39, 0.29) is 12.5 Å². The summed E-state index contributed by atoms with van der Waals surface area (Å²) < 4.78 is 12.1. The third-order valence-electron chi connectivity index (χ3n) is 4.87. The summed E-state index contributed by atoms with van der Waals surface area (Å²) in [4.78, 5) is 13.2. The van der Waals surface area contributed by atoms with Gasteiger partial charge in [-0.15, -0.1) is 6.42 Å². The lowest BCUT2D eigenvalue weighted by Crippen LogP contribution is -2.52. The van der Waals surface area contributed by atoms with Crippen LogP contribution >= 0.6 is 28.1 Å². The number of carbonyl (C=O) groups excluding carboxylic acids is 1. The van der Waals surface area contributed by atoms with Crippen LogP contribution in [0.1, 0.15) is 24.1 Å². The Kier molecular flexibility index (Phi) is 8.14. The van der Waals surface area contributed by atoms with Crippen molar-refractivity contribution in [3.05, 3.63) is 70.3 Å². The van der Waals surface area contributed by atoms with Gasteiger partial charge in [-0.3, -0.25) is 4.79 Å². The summed E-state index contributed by atoms with van der Waals surface area (Å²) in [5.74, 6) is 2.70. The van der Waals surface area contributed by atoms with Gasteiger partial charge in [0.15, 0.2) is 16.6 Å². The van der Waals surface area contributed by atoms with Gasteiger partial charge in [0.2, 0.25) is 5.91 Å². The molecule has 0 unspecified atom stereocenters. The number of halogens is 1. The Morgan fingerprint density at radius 1 is 1.28 bits per heavy atom. The van der Waals surface area contributed by atoms with Gasteiger partial charge in [-0.05, 0) is 42.4 Å². The number of rotatable bonds is 8. The molecule has 1 aliphatic heterocycles. The molecule has 0 aromatic heterocycles. The highest BCUT2D eigenvalue weighted by molar-refractivity contribution is 9.10. The molecule has 0 radical (unpaired) electrons. The second kappa shape index (κ2) is 11.0. The molecule has 2 aromatic rings. The van der Waals surface area contributed by atoms with Gasteiger partial charge in [0.05, 0.1) is 12.6 Å². The first-order valence-electron chi connectivity index (χ1n) is 10.0. The van der Waals surface area contributed by atoms with Gasteiger partial charge in [0.1, 0.15) is 12.5 Å². The van der Waals surface area contributed by atoms with Gasteiger partial charge in [0.25, 0.3) is 0 Å². The molecule has 1 aliphatic rings. The largest absolute Gasteiger partial charge is 0.490 e. The molecule has 32 heavy (non-hydrogen) atoms. The van der Waals surface area contributed by atoms with Crippen LogP contribution in [-0.4, -0.2) is 24.2 Å². The molecule has 0 bridgehead atoms. The Morgan fingerprint density at radius 2 is 2.00 bits per heavy atom. The summed E-state index contributed by atoms with van der Waals surface area (Å²) in [6.45, 7) is 6.90. The lowest BCUT2D eigenvalue weighted by atomic mass is 9.88. The fraction of sp³-hybridized carbons (Fsp3) is 0.250. The average Bonchev–Trinajstić information content (AvgIpc) is 2.77. The molecule has 1 fully saturated rings. The van der Waals surface area contributed by atoms with Crippen LogP contribution in [0.4, 0.5) is 0 Å². The quantitative estimate of drug-likeness (QED) is 0.368. The number of carbonyl (C=O) groups is 1. The molecule has 1 amide bonds. The summed E-state index contributed by atoms with van der Waals surface area (Å²) in [5, 5.41) is 9.57. The normalized spacial score (nSPS) is 17.5. The predicted octanol–water partition coefficient (Wildman–Crippen LogP) is 3.82. The molecule has 2 aromatic carbocycles. The molecule has 1 saturated heterocycles. The summed E-state index contributed by atoms with van der Waals surface area (Å²) in [6.07, 6.45) is 5.32. The topological polar surface area (TPSA) is 71.6 Å². The van der Waals surface area contributed by atoms with Crippen LogP contribution < -0.4 is 25.4 Å². The fourth-order valence-corrected chi connectivity index (χ4v) is 4.26. The number of ether oxygens (including phenoxy) is 2. The van der Waals surface area contributed by atoms with E-state index in [0.29, 0.717) is 35.5 Å². The molecule has 0 aliphatic carbocycles. The SMILES string of the molecule is C#CCOc1cc(Br)c([C@@H]2NC(=S)NC(=C)[C@@H]2C(=O)NCc2ccccc2)cc1OCC. The Labute approximate surface area is 201 Å². The van der Waals surface area contributed by atoms with Gasteiger partial charge in [-0.2, -0.15) is 0 Å². The van der Waals surface area contributed by atoms with E-state index in [0.717, 1.165) is 15.6 Å². The standard InChI is InChI=1S/C24H24BrN3O3S/c1-4-11-31-20-13-18(25)17(12-19(20)30-5-2)22-21(15(3)27-24(32)28-22)23(29)26-14-16-9-7-6-8-10-16/h1,6-10,12-13,21-22H,3,5,11,14H2,2H3,(H,26,29)(H2,27,28,32)/t21-,22-/m0/s1. The van der Waals surface area contributed by atoms with E-state index in [1.54, 1.807) is 6.07 Å². The summed E-state index contributed by atoms with van der Waals surface area (Å²) in [6, 6.07) is 12.9. The molecule has 3 N–H and O–H groups in total. The number of nitrogens with one attached hydrogen (secondary N) is 3. The molecule has 0 spiro atoms. The molecule has 0 saturated carbocycles. The smallest absolute Gasteiger partial charge is 0.231 e. The van der Waals surface area contributed by atoms with Crippen molar-refractivity contribution in [2.75, 3.05) is 13.2 Å². The molecule has 6 nitrogen and oxygen atoms in total. The molecular formula is C24H24BrN3O3S. The first-order chi connectivity index (χ1) is 15.4. The van der Waals surface area contributed by atoms with Gasteiger partial charge in [0, 0.05) is 16.7 Å². The highest BCUT2D eigenvalue weighted by Crippen LogP contribution is 2.40. The van der Waals surface area contributed by atoms with Gasteiger partial charge in [-0.25, -0.2) is 0 Å². The molecular weight excluding hydrogens is 490 g/mol. The minimum absolute atomic E-state index is 0.114. The molecule has 3 rings (SSSR count). The van der Waals surface area contributed by atoms with Crippen LogP contribution in [0, 0.1) is 18.3 Å². The lowest BCUT2D eigenvalue weighted by Gasteiger charge is -2.36. The van der Waals surface area contributed by atoms with Crippen molar-refractivity contribution in [3.8, 4) is 23.8 Å². The van der Waals surface area contributed by atoms with Gasteiger partial charge >= 0.3 is 0 Å². The Hall–Kier alpha value is -3.02. The maximum Gasteiger partial charge on any atom is 0.231 e. The summed E-state index contributed by atoms with van der Waals surface area (Å²) >= 11 is 8.94. The third kappa shape index (κ3) is 5.61. The minimum Gasteiger partial charge on any atom is -0.490 e. The third-order valence-corrected chi connectivity index (χ3v) is 5.78. The zero-order valence-electron chi connectivity index (χ0n) is 17.6. The first kappa shape index (κ1) is 23.6. The number of hydrogen-bond donors (Lipinski definition) is 3. The first-order valence-corrected chi connectivity index (χ1v) is 11.2. The molecule has 166 valence electrons. The second-order valence-electron chi connectivity index (χ2n) is 7.03. The van der Waals surface area contributed by atoms with Gasteiger partial charge < -0.3 is 25.4 Å². The van der Waals surface area contributed by atoms with E-state index in [9.17, 15) is 4.79 Å². The summed E-state index contributed by atoms with van der Waals surface area (Å²) in [7, 11) is 0. The lowest BCUT2D eigenvalue weighted by molar-refractivity contribution is -0.125. The highest BCUT2D eigenvalue weighted by Gasteiger charge is 2.38. The summed E-state index contributed by atoms with van der Waals surface area (Å²) in [5.41, 5.74) is 2.30. The molecule has 2 atom stereocenters. The van der Waals surface area contributed by atoms with Crippen molar-refractivity contribution in [2.24, 2.45) is 5.92 Å².